The molecule has 0 spiro atoms. The molecular formula is C26H33ClN2O2. The van der Waals surface area contributed by atoms with Crippen molar-refractivity contribution in [3.05, 3.63) is 70.2 Å². The summed E-state index contributed by atoms with van der Waals surface area (Å²) in [7, 11) is 0. The minimum Gasteiger partial charge on any atom is -0.352 e. The van der Waals surface area contributed by atoms with Crippen LogP contribution in [-0.4, -0.2) is 28.8 Å². The highest BCUT2D eigenvalue weighted by Gasteiger charge is 2.30. The zero-order chi connectivity index (χ0) is 22.2. The van der Waals surface area contributed by atoms with Gasteiger partial charge < -0.3 is 10.2 Å². The minimum absolute atomic E-state index is 0.0403. The summed E-state index contributed by atoms with van der Waals surface area (Å²) in [4.78, 5) is 28.4. The van der Waals surface area contributed by atoms with Gasteiger partial charge in [0, 0.05) is 17.6 Å². The number of nitrogens with zero attached hydrogens (tertiary/aromatic N) is 1. The van der Waals surface area contributed by atoms with Crippen LogP contribution in [0.5, 0.6) is 0 Å². The molecule has 1 saturated carbocycles. The Bertz CT molecular complexity index is 892. The molecule has 31 heavy (non-hydrogen) atoms. The lowest BCUT2D eigenvalue weighted by Gasteiger charge is -2.33. The van der Waals surface area contributed by atoms with Crippen molar-refractivity contribution in [2.24, 2.45) is 0 Å². The summed E-state index contributed by atoms with van der Waals surface area (Å²) < 4.78 is 0. The lowest BCUT2D eigenvalue weighted by atomic mass is 9.95. The topological polar surface area (TPSA) is 49.4 Å². The molecule has 5 heteroatoms. The number of hydrogen-bond acceptors (Lipinski definition) is 2. The van der Waals surface area contributed by atoms with Crippen LogP contribution in [0.3, 0.4) is 0 Å². The van der Waals surface area contributed by atoms with Gasteiger partial charge in [-0.25, -0.2) is 0 Å². The Morgan fingerprint density at radius 2 is 1.77 bits per heavy atom. The molecule has 3 rings (SSSR count). The number of benzene rings is 2. The van der Waals surface area contributed by atoms with Crippen molar-refractivity contribution >= 4 is 23.4 Å². The summed E-state index contributed by atoms with van der Waals surface area (Å²) in [6.07, 6.45) is 6.39. The Morgan fingerprint density at radius 3 is 2.45 bits per heavy atom. The molecule has 0 bridgehead atoms. The van der Waals surface area contributed by atoms with Crippen molar-refractivity contribution < 1.29 is 9.59 Å². The van der Waals surface area contributed by atoms with Crippen LogP contribution in [-0.2, 0) is 22.6 Å². The molecule has 0 aliphatic heterocycles. The normalized spacial score (nSPS) is 15.3. The van der Waals surface area contributed by atoms with Crippen LogP contribution in [0.15, 0.2) is 48.5 Å². The van der Waals surface area contributed by atoms with Crippen LogP contribution in [0.4, 0.5) is 0 Å². The second-order valence-corrected chi connectivity index (χ2v) is 9.02. The maximum atomic E-state index is 13.4. The van der Waals surface area contributed by atoms with Crippen LogP contribution in [0.2, 0.25) is 5.02 Å². The Kier molecular flexibility index (Phi) is 8.53. The first-order valence-corrected chi connectivity index (χ1v) is 11.7. The van der Waals surface area contributed by atoms with Gasteiger partial charge in [0.2, 0.25) is 11.8 Å². The van der Waals surface area contributed by atoms with E-state index in [1.807, 2.05) is 50.2 Å². The summed E-state index contributed by atoms with van der Waals surface area (Å²) in [6.45, 7) is 4.42. The summed E-state index contributed by atoms with van der Waals surface area (Å²) >= 11 is 6.11. The molecule has 166 valence electrons. The van der Waals surface area contributed by atoms with Gasteiger partial charge >= 0.3 is 0 Å². The van der Waals surface area contributed by atoms with Gasteiger partial charge in [-0.05, 0) is 49.4 Å². The quantitative estimate of drug-likeness (QED) is 0.593. The van der Waals surface area contributed by atoms with Gasteiger partial charge in [0.1, 0.15) is 6.04 Å². The second kappa shape index (κ2) is 11.3. The Balaban J connectivity index is 1.81. The van der Waals surface area contributed by atoms with Gasteiger partial charge in [0.25, 0.3) is 0 Å². The monoisotopic (exact) mass is 440 g/mol. The third-order valence-electron chi connectivity index (χ3n) is 6.02. The van der Waals surface area contributed by atoms with Crippen molar-refractivity contribution in [1.29, 1.82) is 0 Å². The molecule has 0 heterocycles. The number of carbonyl (C=O) groups excluding carboxylic acids is 2. The first-order valence-electron chi connectivity index (χ1n) is 11.4. The van der Waals surface area contributed by atoms with Gasteiger partial charge in [-0.3, -0.25) is 9.59 Å². The summed E-state index contributed by atoms with van der Waals surface area (Å²) in [6, 6.07) is 15.2. The van der Waals surface area contributed by atoms with Crippen molar-refractivity contribution in [1.82, 2.24) is 10.2 Å². The molecule has 1 aliphatic carbocycles. The number of rotatable bonds is 8. The highest BCUT2D eigenvalue weighted by molar-refractivity contribution is 6.30. The van der Waals surface area contributed by atoms with E-state index in [4.69, 9.17) is 11.6 Å². The van der Waals surface area contributed by atoms with Gasteiger partial charge in [-0.1, -0.05) is 79.7 Å². The fraction of sp³-hybridized carbons (Fsp3) is 0.462. The largest absolute Gasteiger partial charge is 0.352 e. The van der Waals surface area contributed by atoms with Crippen molar-refractivity contribution in [3.8, 4) is 0 Å². The zero-order valence-corrected chi connectivity index (χ0v) is 19.3. The molecule has 1 N–H and O–H groups in total. The predicted octanol–water partition coefficient (Wildman–Crippen LogP) is 5.45. The molecule has 1 atom stereocenters. The highest BCUT2D eigenvalue weighted by atomic mass is 35.5. The number of aryl methyl sites for hydroxylation is 1. The van der Waals surface area contributed by atoms with E-state index in [0.29, 0.717) is 18.0 Å². The molecule has 0 saturated heterocycles. The zero-order valence-electron chi connectivity index (χ0n) is 18.6. The molecule has 4 nitrogen and oxygen atoms in total. The second-order valence-electron chi connectivity index (χ2n) is 8.58. The van der Waals surface area contributed by atoms with Gasteiger partial charge in [0.05, 0.1) is 6.42 Å². The summed E-state index contributed by atoms with van der Waals surface area (Å²) in [5.41, 5.74) is 3.03. The average Bonchev–Trinajstić information content (AvgIpc) is 2.74. The molecule has 0 aromatic heterocycles. The standard InChI is InChI=1S/C26H33ClN2O2/c1-3-24(26(31)28-23-13-5-4-6-14-23)29(18-21-11-7-9-19(2)15-21)25(30)17-20-10-8-12-22(27)16-20/h7-12,15-16,23-24H,3-6,13-14,17-18H2,1-2H3,(H,28,31)/t24-/m0/s1. The van der Waals surface area contributed by atoms with Crippen LogP contribution in [0, 0.1) is 6.92 Å². The van der Waals surface area contributed by atoms with Crippen LogP contribution in [0.25, 0.3) is 0 Å². The van der Waals surface area contributed by atoms with Crippen molar-refractivity contribution in [3.63, 3.8) is 0 Å². The number of hydrogen-bond donors (Lipinski definition) is 1. The summed E-state index contributed by atoms with van der Waals surface area (Å²) in [5, 5.41) is 3.83. The minimum atomic E-state index is -0.492. The van der Waals surface area contributed by atoms with E-state index >= 15 is 0 Å². The number of amides is 2. The van der Waals surface area contributed by atoms with E-state index in [2.05, 4.69) is 11.4 Å². The van der Waals surface area contributed by atoms with Crippen LogP contribution < -0.4 is 5.32 Å². The van der Waals surface area contributed by atoms with E-state index < -0.39 is 6.04 Å². The fourth-order valence-corrected chi connectivity index (χ4v) is 4.61. The summed E-state index contributed by atoms with van der Waals surface area (Å²) in [5.74, 6) is -0.101. The molecule has 0 unspecified atom stereocenters. The van der Waals surface area contributed by atoms with E-state index in [9.17, 15) is 9.59 Å². The maximum absolute atomic E-state index is 13.4. The van der Waals surface area contributed by atoms with Crippen molar-refractivity contribution in [2.45, 2.75) is 77.4 Å². The third-order valence-corrected chi connectivity index (χ3v) is 6.25. The Hall–Kier alpha value is -2.33. The Labute approximate surface area is 191 Å². The highest BCUT2D eigenvalue weighted by Crippen LogP contribution is 2.20. The third kappa shape index (κ3) is 6.83. The number of nitrogens with one attached hydrogen (secondary N) is 1. The molecule has 1 fully saturated rings. The fourth-order valence-electron chi connectivity index (χ4n) is 4.39. The lowest BCUT2D eigenvalue weighted by Crippen LogP contribution is -2.51. The van der Waals surface area contributed by atoms with E-state index in [1.54, 1.807) is 11.0 Å². The van der Waals surface area contributed by atoms with E-state index in [-0.39, 0.29) is 24.3 Å². The predicted molar refractivity (Wildman–Crippen MR) is 126 cm³/mol. The smallest absolute Gasteiger partial charge is 0.243 e. The van der Waals surface area contributed by atoms with Gasteiger partial charge in [-0.2, -0.15) is 0 Å². The first kappa shape index (κ1) is 23.3. The van der Waals surface area contributed by atoms with Crippen molar-refractivity contribution in [2.75, 3.05) is 0 Å². The average molecular weight is 441 g/mol. The molecule has 2 amide bonds. The van der Waals surface area contributed by atoms with Gasteiger partial charge in [0.15, 0.2) is 0 Å². The number of carbonyl (C=O) groups is 2. The molecule has 0 radical (unpaired) electrons. The SMILES string of the molecule is CC[C@@H](C(=O)NC1CCCCC1)N(Cc1cccc(C)c1)C(=O)Cc1cccc(Cl)c1. The Morgan fingerprint density at radius 1 is 1.06 bits per heavy atom. The van der Waals surface area contributed by atoms with Gasteiger partial charge in [-0.15, -0.1) is 0 Å². The molecular weight excluding hydrogens is 408 g/mol. The van der Waals surface area contributed by atoms with E-state index in [0.717, 1.165) is 42.4 Å². The molecule has 1 aliphatic rings. The maximum Gasteiger partial charge on any atom is 0.243 e. The van der Waals surface area contributed by atoms with E-state index in [1.165, 1.54) is 6.42 Å². The van der Waals surface area contributed by atoms with Crippen LogP contribution in [0.1, 0.15) is 62.1 Å². The van der Waals surface area contributed by atoms with Crippen LogP contribution >= 0.6 is 11.6 Å². The lowest BCUT2D eigenvalue weighted by molar-refractivity contribution is -0.141. The molecule has 2 aromatic carbocycles. The molecule has 2 aromatic rings. The number of halogens is 1. The first-order chi connectivity index (χ1) is 15.0.